The lowest BCUT2D eigenvalue weighted by atomic mass is 9.40. The first kappa shape index (κ1) is 27.1. The second kappa shape index (κ2) is 9.17. The van der Waals surface area contributed by atoms with Gasteiger partial charge in [-0.3, -0.25) is 14.4 Å². The molecule has 0 saturated heterocycles. The van der Waals surface area contributed by atoms with Gasteiger partial charge < -0.3 is 20.1 Å². The number of rotatable bonds is 6. The third-order valence-electron chi connectivity index (χ3n) is 7.68. The number of cyclic esters (lactones) is 1. The number of carbonyl (C=O) groups excluding carboxylic acids is 4. The fourth-order valence-corrected chi connectivity index (χ4v) is 5.93. The number of carbonyl (C=O) groups is 4. The Hall–Kier alpha value is -3.52. The number of Topliss-reactive ketones (excluding diaryl/α,β-unsaturated/α-hetero) is 2. The van der Waals surface area contributed by atoms with E-state index >= 15 is 0 Å². The van der Waals surface area contributed by atoms with Crippen molar-refractivity contribution in [2.75, 3.05) is 0 Å². The van der Waals surface area contributed by atoms with Gasteiger partial charge in [-0.1, -0.05) is 36.5 Å². The fraction of sp³-hybridized carbons (Fsp3) is 0.429. The summed E-state index contributed by atoms with van der Waals surface area (Å²) in [6.45, 7) is 8.72. The molecule has 36 heavy (non-hydrogen) atoms. The van der Waals surface area contributed by atoms with Gasteiger partial charge in [-0.05, 0) is 53.7 Å². The zero-order chi connectivity index (χ0) is 27.2. The lowest BCUT2D eigenvalue weighted by molar-refractivity contribution is -0.203. The molecule has 3 saturated carbocycles. The summed E-state index contributed by atoms with van der Waals surface area (Å²) < 4.78 is 5.59. The van der Waals surface area contributed by atoms with Crippen LogP contribution in [0.2, 0.25) is 0 Å². The van der Waals surface area contributed by atoms with E-state index in [-0.39, 0.29) is 11.1 Å². The Morgan fingerprint density at radius 3 is 2.03 bits per heavy atom. The lowest BCUT2D eigenvalue weighted by Crippen LogP contribution is -2.75. The number of hydrogen-bond donors (Lipinski definition) is 3. The van der Waals surface area contributed by atoms with Crippen molar-refractivity contribution in [2.45, 2.75) is 52.7 Å². The van der Waals surface area contributed by atoms with Gasteiger partial charge in [-0.2, -0.15) is 0 Å². The normalized spacial score (nSPS) is 38.4. The number of aliphatic hydroxyl groups is 3. The van der Waals surface area contributed by atoms with E-state index in [9.17, 15) is 34.5 Å². The van der Waals surface area contributed by atoms with Crippen molar-refractivity contribution in [1.82, 2.24) is 0 Å². The highest BCUT2D eigenvalue weighted by molar-refractivity contribution is 6.24. The molecule has 0 aromatic carbocycles. The van der Waals surface area contributed by atoms with Gasteiger partial charge in [0.1, 0.15) is 22.5 Å². The molecule has 8 heteroatoms. The number of ketones is 3. The van der Waals surface area contributed by atoms with Crippen LogP contribution in [0.15, 0.2) is 71.3 Å². The summed E-state index contributed by atoms with van der Waals surface area (Å²) in [4.78, 5) is 53.5. The van der Waals surface area contributed by atoms with Gasteiger partial charge >= 0.3 is 5.97 Å². The first-order valence-corrected chi connectivity index (χ1v) is 11.7. The van der Waals surface area contributed by atoms with E-state index < -0.39 is 69.2 Å². The molecule has 0 radical (unpaired) electrons. The van der Waals surface area contributed by atoms with E-state index in [1.165, 1.54) is 52.0 Å². The molecular weight excluding hydrogens is 464 g/mol. The maximum Gasteiger partial charge on any atom is 0.338 e. The monoisotopic (exact) mass is 496 g/mol. The Bertz CT molecular complexity index is 1210. The van der Waals surface area contributed by atoms with Crippen LogP contribution < -0.4 is 0 Å². The number of ether oxygens (including phenoxy) is 1. The standard InChI is InChI=1S/C28H32O8/c1-7-9-11-13-16(29)18-20-21(28(6)22(31)15(3)24(33)36-28)19(17(30)14-12-10-8-2)26(4,23(18)32)25(34)27(20,5)35/h7-14,19-21,29,31,35H,1-6H3/b9-7+,10-8+,13-11+,14-12+,18-16+/t19-,20-,21-,26-,27+,28?/m1/s1. The summed E-state index contributed by atoms with van der Waals surface area (Å²) in [5.74, 6) is -8.17. The summed E-state index contributed by atoms with van der Waals surface area (Å²) in [5, 5.41) is 33.5. The minimum atomic E-state index is -2.22. The molecule has 3 aliphatic carbocycles. The van der Waals surface area contributed by atoms with Crippen LogP contribution in [0.25, 0.3) is 0 Å². The molecule has 0 aromatic heterocycles. The SMILES string of the molecule is C/C=C/C=C/C(=O)[C@@H]1[C@@H](C2(C)OC(=O)C(C)=C2O)[C@H]2/C(=C(O)/C=C/C=C/C)C(=O)[C@]1(C)C(=O)[C@@]2(C)O. The Labute approximate surface area is 210 Å². The van der Waals surface area contributed by atoms with Crippen LogP contribution in [0.1, 0.15) is 41.5 Å². The molecule has 2 bridgehead atoms. The van der Waals surface area contributed by atoms with Crippen molar-refractivity contribution in [3.05, 3.63) is 71.3 Å². The van der Waals surface area contributed by atoms with Crippen molar-refractivity contribution in [3.63, 3.8) is 0 Å². The molecule has 192 valence electrons. The molecule has 4 rings (SSSR count). The molecule has 1 aliphatic heterocycles. The molecule has 6 atom stereocenters. The first-order chi connectivity index (χ1) is 16.7. The van der Waals surface area contributed by atoms with Crippen LogP contribution in [-0.2, 0) is 23.9 Å². The number of hydrogen-bond acceptors (Lipinski definition) is 8. The predicted molar refractivity (Wildman–Crippen MR) is 132 cm³/mol. The van der Waals surface area contributed by atoms with Gasteiger partial charge in [-0.15, -0.1) is 0 Å². The van der Waals surface area contributed by atoms with Crippen molar-refractivity contribution in [3.8, 4) is 0 Å². The zero-order valence-corrected chi connectivity index (χ0v) is 21.2. The largest absolute Gasteiger partial charge is 0.508 e. The summed E-state index contributed by atoms with van der Waals surface area (Å²) >= 11 is 0. The van der Waals surface area contributed by atoms with Gasteiger partial charge in [0.05, 0.1) is 5.57 Å². The summed E-state index contributed by atoms with van der Waals surface area (Å²) in [6, 6.07) is 0. The third kappa shape index (κ3) is 3.63. The van der Waals surface area contributed by atoms with Crippen LogP contribution in [0, 0.1) is 23.2 Å². The summed E-state index contributed by atoms with van der Waals surface area (Å²) in [7, 11) is 0. The Balaban J connectivity index is 2.41. The lowest BCUT2D eigenvalue weighted by Gasteiger charge is -2.60. The molecule has 3 fully saturated rings. The summed E-state index contributed by atoms with van der Waals surface area (Å²) in [5.41, 5.74) is -6.53. The van der Waals surface area contributed by atoms with Crippen LogP contribution in [0.5, 0.6) is 0 Å². The van der Waals surface area contributed by atoms with Crippen LogP contribution >= 0.6 is 0 Å². The highest BCUT2D eigenvalue weighted by Gasteiger charge is 2.77. The topological polar surface area (TPSA) is 138 Å². The first-order valence-electron chi connectivity index (χ1n) is 11.7. The third-order valence-corrected chi connectivity index (χ3v) is 7.68. The molecule has 3 N–H and O–H groups in total. The van der Waals surface area contributed by atoms with Crippen LogP contribution in [0.3, 0.4) is 0 Å². The molecule has 1 heterocycles. The average molecular weight is 497 g/mol. The van der Waals surface area contributed by atoms with E-state index in [0.717, 1.165) is 0 Å². The molecule has 0 aromatic rings. The molecular formula is C28H32O8. The summed E-state index contributed by atoms with van der Waals surface area (Å²) in [6.07, 6.45) is 12.0. The van der Waals surface area contributed by atoms with E-state index in [2.05, 4.69) is 0 Å². The van der Waals surface area contributed by atoms with Crippen molar-refractivity contribution >= 4 is 23.3 Å². The minimum absolute atomic E-state index is 0.0835. The Kier molecular flexibility index (Phi) is 6.89. The second-order valence-corrected chi connectivity index (χ2v) is 9.93. The highest BCUT2D eigenvalue weighted by Crippen LogP contribution is 2.64. The van der Waals surface area contributed by atoms with Gasteiger partial charge in [0.2, 0.25) is 0 Å². The number of aliphatic hydroxyl groups excluding tert-OH is 2. The van der Waals surface area contributed by atoms with E-state index in [1.807, 2.05) is 0 Å². The molecule has 0 amide bonds. The average Bonchev–Trinajstić information content (AvgIpc) is 3.01. The van der Waals surface area contributed by atoms with Crippen LogP contribution in [0.4, 0.5) is 0 Å². The number of fused-ring (bicyclic) bond motifs is 3. The van der Waals surface area contributed by atoms with Crippen LogP contribution in [-0.4, -0.2) is 49.8 Å². The predicted octanol–water partition coefficient (Wildman–Crippen LogP) is 3.55. The van der Waals surface area contributed by atoms with Gasteiger partial charge in [0.25, 0.3) is 0 Å². The van der Waals surface area contributed by atoms with Crippen molar-refractivity contribution in [2.24, 2.45) is 23.2 Å². The Morgan fingerprint density at radius 2 is 1.53 bits per heavy atom. The Morgan fingerprint density at radius 1 is 0.972 bits per heavy atom. The smallest absolute Gasteiger partial charge is 0.338 e. The van der Waals surface area contributed by atoms with Gasteiger partial charge in [-0.25, -0.2) is 4.79 Å². The fourth-order valence-electron chi connectivity index (χ4n) is 5.93. The number of allylic oxidation sites excluding steroid dienone is 8. The van der Waals surface area contributed by atoms with Gasteiger partial charge in [0, 0.05) is 23.3 Å². The number of esters is 1. The minimum Gasteiger partial charge on any atom is -0.508 e. The molecule has 8 nitrogen and oxygen atoms in total. The molecule has 0 spiro atoms. The highest BCUT2D eigenvalue weighted by atomic mass is 16.6. The maximum atomic E-state index is 13.8. The quantitative estimate of drug-likeness (QED) is 0.167. The molecule has 4 aliphatic rings. The van der Waals surface area contributed by atoms with E-state index in [0.29, 0.717) is 0 Å². The van der Waals surface area contributed by atoms with Crippen molar-refractivity contribution in [1.29, 1.82) is 0 Å². The van der Waals surface area contributed by atoms with E-state index in [1.54, 1.807) is 38.2 Å². The van der Waals surface area contributed by atoms with Crippen molar-refractivity contribution < 1.29 is 39.2 Å². The molecule has 1 unspecified atom stereocenters. The van der Waals surface area contributed by atoms with Gasteiger partial charge in [0.15, 0.2) is 23.0 Å². The second-order valence-electron chi connectivity index (χ2n) is 9.93. The van der Waals surface area contributed by atoms with E-state index in [4.69, 9.17) is 4.74 Å². The zero-order valence-electron chi connectivity index (χ0n) is 21.2. The maximum absolute atomic E-state index is 13.8.